The average molecular weight is 249 g/mol. The first-order chi connectivity index (χ1) is 6.83. The molecule has 0 spiro atoms. The number of hydrogen-bond donors (Lipinski definition) is 2. The summed E-state index contributed by atoms with van der Waals surface area (Å²) in [6.07, 6.45) is 0. The summed E-state index contributed by atoms with van der Waals surface area (Å²) in [5.74, 6) is -1.20. The molecule has 1 heterocycles. The molecule has 0 fully saturated rings. The number of aryl methyl sites for hydroxylation is 1. The van der Waals surface area contributed by atoms with Gasteiger partial charge in [0.2, 0.25) is 0 Å². The largest absolute Gasteiger partial charge is 0.480 e. The highest BCUT2D eigenvalue weighted by Crippen LogP contribution is 2.20. The van der Waals surface area contributed by atoms with E-state index in [1.54, 1.807) is 13.0 Å². The van der Waals surface area contributed by atoms with Crippen molar-refractivity contribution in [1.82, 2.24) is 4.72 Å². The zero-order valence-electron chi connectivity index (χ0n) is 8.22. The first-order valence-corrected chi connectivity index (χ1v) is 6.44. The Labute approximate surface area is 91.8 Å². The molecule has 0 bridgehead atoms. The smallest absolute Gasteiger partial charge is 0.321 e. The summed E-state index contributed by atoms with van der Waals surface area (Å²) in [6, 6.07) is 2.00. The first kappa shape index (κ1) is 12.2. The number of thiophene rings is 1. The van der Waals surface area contributed by atoms with Crippen LogP contribution in [0.25, 0.3) is 0 Å². The summed E-state index contributed by atoms with van der Waals surface area (Å²) in [4.78, 5) is 11.3. The minimum Gasteiger partial charge on any atom is -0.480 e. The number of aliphatic carboxylic acids is 1. The lowest BCUT2D eigenvalue weighted by atomic mass is 10.4. The summed E-state index contributed by atoms with van der Waals surface area (Å²) in [5.41, 5.74) is 0. The molecule has 5 nitrogen and oxygen atoms in total. The van der Waals surface area contributed by atoms with Crippen LogP contribution in [0.15, 0.2) is 16.3 Å². The van der Waals surface area contributed by atoms with Gasteiger partial charge in [0, 0.05) is 4.88 Å². The molecule has 0 saturated carbocycles. The Morgan fingerprint density at radius 2 is 2.13 bits per heavy atom. The molecule has 2 N–H and O–H groups in total. The molecule has 0 radical (unpaired) electrons. The van der Waals surface area contributed by atoms with Crippen LogP contribution in [0.3, 0.4) is 0 Å². The lowest BCUT2D eigenvalue weighted by Gasteiger charge is -2.07. The van der Waals surface area contributed by atoms with E-state index >= 15 is 0 Å². The maximum atomic E-state index is 11.6. The Morgan fingerprint density at radius 1 is 1.53 bits per heavy atom. The Bertz CT molecular complexity index is 463. The van der Waals surface area contributed by atoms with Gasteiger partial charge in [0.05, 0.1) is 0 Å². The van der Waals surface area contributed by atoms with Crippen molar-refractivity contribution in [1.29, 1.82) is 0 Å². The van der Waals surface area contributed by atoms with Crippen molar-refractivity contribution in [3.05, 3.63) is 17.0 Å². The molecule has 0 aromatic carbocycles. The molecular formula is C8H11NO4S2. The SMILES string of the molecule is Cc1ccc(S(=O)(=O)N[C@@H](C)C(=O)O)s1. The van der Waals surface area contributed by atoms with Gasteiger partial charge < -0.3 is 5.11 Å². The van der Waals surface area contributed by atoms with Gasteiger partial charge in [-0.05, 0) is 26.0 Å². The number of rotatable bonds is 4. The fourth-order valence-electron chi connectivity index (χ4n) is 0.898. The van der Waals surface area contributed by atoms with Crippen molar-refractivity contribution < 1.29 is 18.3 Å². The van der Waals surface area contributed by atoms with E-state index in [1.807, 2.05) is 0 Å². The van der Waals surface area contributed by atoms with E-state index in [4.69, 9.17) is 5.11 Å². The zero-order valence-corrected chi connectivity index (χ0v) is 9.85. The lowest BCUT2D eigenvalue weighted by molar-refractivity contribution is -0.138. The molecule has 1 aromatic rings. The zero-order chi connectivity index (χ0) is 11.6. The molecule has 0 aliphatic rings. The third-order valence-corrected chi connectivity index (χ3v) is 4.72. The monoisotopic (exact) mass is 249 g/mol. The molecule has 1 aromatic heterocycles. The number of carboxylic acid groups (broad SMARTS) is 1. The number of nitrogens with one attached hydrogen (secondary N) is 1. The molecule has 0 aliphatic carbocycles. The molecular weight excluding hydrogens is 238 g/mol. The maximum absolute atomic E-state index is 11.6. The van der Waals surface area contributed by atoms with Crippen LogP contribution in [-0.2, 0) is 14.8 Å². The average Bonchev–Trinajstić information content (AvgIpc) is 2.51. The number of carboxylic acids is 1. The second kappa shape index (κ2) is 4.30. The lowest BCUT2D eigenvalue weighted by Crippen LogP contribution is -2.37. The van der Waals surface area contributed by atoms with Crippen molar-refractivity contribution in [2.75, 3.05) is 0 Å². The Hall–Kier alpha value is -0.920. The summed E-state index contributed by atoms with van der Waals surface area (Å²) >= 11 is 1.10. The summed E-state index contributed by atoms with van der Waals surface area (Å²) in [7, 11) is -3.70. The third-order valence-electron chi connectivity index (χ3n) is 1.68. The fraction of sp³-hybridized carbons (Fsp3) is 0.375. The first-order valence-electron chi connectivity index (χ1n) is 4.14. The van der Waals surface area contributed by atoms with Crippen LogP contribution in [0.2, 0.25) is 0 Å². The van der Waals surface area contributed by atoms with Crippen LogP contribution in [0.1, 0.15) is 11.8 Å². The van der Waals surface area contributed by atoms with E-state index in [1.165, 1.54) is 13.0 Å². The van der Waals surface area contributed by atoms with Gasteiger partial charge in [-0.2, -0.15) is 4.72 Å². The normalized spacial score (nSPS) is 13.7. The Morgan fingerprint density at radius 3 is 2.53 bits per heavy atom. The molecule has 0 amide bonds. The van der Waals surface area contributed by atoms with Crippen LogP contribution in [0.4, 0.5) is 0 Å². The van der Waals surface area contributed by atoms with E-state index in [2.05, 4.69) is 4.72 Å². The predicted molar refractivity (Wildman–Crippen MR) is 56.5 cm³/mol. The minimum absolute atomic E-state index is 0.133. The maximum Gasteiger partial charge on any atom is 0.321 e. The van der Waals surface area contributed by atoms with Gasteiger partial charge in [-0.25, -0.2) is 8.42 Å². The van der Waals surface area contributed by atoms with Crippen molar-refractivity contribution in [3.63, 3.8) is 0 Å². The molecule has 84 valence electrons. The van der Waals surface area contributed by atoms with Crippen LogP contribution < -0.4 is 4.72 Å². The summed E-state index contributed by atoms with van der Waals surface area (Å²) in [5, 5.41) is 8.57. The van der Waals surface area contributed by atoms with Crippen molar-refractivity contribution in [2.45, 2.75) is 24.1 Å². The van der Waals surface area contributed by atoms with Crippen molar-refractivity contribution in [3.8, 4) is 0 Å². The topological polar surface area (TPSA) is 83.5 Å². The third kappa shape index (κ3) is 3.01. The van der Waals surface area contributed by atoms with Crippen LogP contribution in [0, 0.1) is 6.92 Å². The second-order valence-electron chi connectivity index (χ2n) is 3.05. The van der Waals surface area contributed by atoms with E-state index in [-0.39, 0.29) is 4.21 Å². The highest BCUT2D eigenvalue weighted by molar-refractivity contribution is 7.91. The van der Waals surface area contributed by atoms with Gasteiger partial charge in [0.15, 0.2) is 0 Å². The Balaban J connectivity index is 2.90. The molecule has 1 rings (SSSR count). The van der Waals surface area contributed by atoms with E-state index in [0.717, 1.165) is 16.2 Å². The van der Waals surface area contributed by atoms with Crippen molar-refractivity contribution in [2.24, 2.45) is 0 Å². The van der Waals surface area contributed by atoms with E-state index < -0.39 is 22.0 Å². The van der Waals surface area contributed by atoms with Gasteiger partial charge in [0.1, 0.15) is 10.3 Å². The predicted octanol–water partition coefficient (Wildman–Crippen LogP) is 0.808. The minimum atomic E-state index is -3.70. The molecule has 0 unspecified atom stereocenters. The summed E-state index contributed by atoms with van der Waals surface area (Å²) < 4.78 is 25.4. The standard InChI is InChI=1S/C8H11NO4S2/c1-5-3-4-7(14-5)15(12,13)9-6(2)8(10)11/h3-4,6,9H,1-2H3,(H,10,11)/t6-/m0/s1. The van der Waals surface area contributed by atoms with Crippen molar-refractivity contribution >= 4 is 27.3 Å². The molecule has 7 heteroatoms. The molecule has 15 heavy (non-hydrogen) atoms. The van der Waals surface area contributed by atoms with Gasteiger partial charge in [-0.3, -0.25) is 4.79 Å². The Kier molecular flexibility index (Phi) is 3.48. The number of sulfonamides is 1. The molecule has 1 atom stereocenters. The van der Waals surface area contributed by atoms with E-state index in [9.17, 15) is 13.2 Å². The molecule has 0 aliphatic heterocycles. The highest BCUT2D eigenvalue weighted by Gasteiger charge is 2.22. The van der Waals surface area contributed by atoms with E-state index in [0.29, 0.717) is 0 Å². The van der Waals surface area contributed by atoms with Crippen LogP contribution in [-0.4, -0.2) is 25.5 Å². The quantitative estimate of drug-likeness (QED) is 0.827. The molecule has 0 saturated heterocycles. The number of carbonyl (C=O) groups is 1. The second-order valence-corrected chi connectivity index (χ2v) is 6.28. The number of hydrogen-bond acceptors (Lipinski definition) is 4. The van der Waals surface area contributed by atoms with Crippen LogP contribution >= 0.6 is 11.3 Å². The van der Waals surface area contributed by atoms with Gasteiger partial charge in [-0.15, -0.1) is 11.3 Å². The fourth-order valence-corrected chi connectivity index (χ4v) is 3.39. The van der Waals surface area contributed by atoms with Gasteiger partial charge >= 0.3 is 5.97 Å². The van der Waals surface area contributed by atoms with Gasteiger partial charge in [0.25, 0.3) is 10.0 Å². The van der Waals surface area contributed by atoms with Gasteiger partial charge in [-0.1, -0.05) is 0 Å². The summed E-state index contributed by atoms with van der Waals surface area (Å²) in [6.45, 7) is 3.06. The highest BCUT2D eigenvalue weighted by atomic mass is 32.2. The van der Waals surface area contributed by atoms with Crippen LogP contribution in [0.5, 0.6) is 0 Å².